The zero-order valence-electron chi connectivity index (χ0n) is 12.3. The Morgan fingerprint density at radius 1 is 1.41 bits per heavy atom. The molecule has 5 nitrogen and oxygen atoms in total. The van der Waals surface area contributed by atoms with Crippen LogP contribution in [0.1, 0.15) is 30.4 Å². The quantitative estimate of drug-likeness (QED) is 0.446. The maximum atomic E-state index is 13.6. The molecule has 1 aromatic carbocycles. The molecule has 0 atom stereocenters. The molecule has 0 saturated heterocycles. The second-order valence-corrected chi connectivity index (χ2v) is 5.54. The molecule has 2 aliphatic rings. The van der Waals surface area contributed by atoms with Gasteiger partial charge in [-0.1, -0.05) is 6.42 Å². The van der Waals surface area contributed by atoms with Crippen molar-refractivity contribution in [1.82, 2.24) is 5.32 Å². The van der Waals surface area contributed by atoms with Crippen LogP contribution in [0, 0.1) is 11.7 Å². The first kappa shape index (κ1) is 17.3. The first-order valence-corrected chi connectivity index (χ1v) is 7.28. The zero-order chi connectivity index (χ0) is 14.7. The third kappa shape index (κ3) is 4.22. The molecule has 0 radical (unpaired) electrons. The Labute approximate surface area is 146 Å². The van der Waals surface area contributed by atoms with Crippen LogP contribution in [-0.2, 0) is 17.9 Å². The summed E-state index contributed by atoms with van der Waals surface area (Å²) in [5, 5.41) is 3.12. The lowest BCUT2D eigenvalue weighted by Crippen LogP contribution is -2.37. The van der Waals surface area contributed by atoms with Crippen molar-refractivity contribution in [2.45, 2.75) is 32.4 Å². The lowest BCUT2D eigenvalue weighted by atomic mass is 9.85. The van der Waals surface area contributed by atoms with Gasteiger partial charge < -0.3 is 20.5 Å². The van der Waals surface area contributed by atoms with Gasteiger partial charge in [0.15, 0.2) is 12.8 Å². The molecular formula is C15H21FIN3O2. The monoisotopic (exact) mass is 421 g/mol. The SMILES string of the molecule is I.NC(=NCc1cc(F)cc2c1OCOC2)NCC1CCC1. The van der Waals surface area contributed by atoms with Crippen molar-refractivity contribution >= 4 is 29.9 Å². The minimum absolute atomic E-state index is 0. The van der Waals surface area contributed by atoms with E-state index in [0.29, 0.717) is 41.9 Å². The Hall–Kier alpha value is -1.09. The molecule has 122 valence electrons. The highest BCUT2D eigenvalue weighted by Gasteiger charge is 2.18. The van der Waals surface area contributed by atoms with Gasteiger partial charge in [-0.25, -0.2) is 9.38 Å². The summed E-state index contributed by atoms with van der Waals surface area (Å²) in [6.45, 7) is 1.70. The van der Waals surface area contributed by atoms with Gasteiger partial charge >= 0.3 is 0 Å². The zero-order valence-corrected chi connectivity index (χ0v) is 14.6. The van der Waals surface area contributed by atoms with Gasteiger partial charge in [0, 0.05) is 17.7 Å². The molecule has 0 amide bonds. The maximum absolute atomic E-state index is 13.6. The number of nitrogens with one attached hydrogen (secondary N) is 1. The number of rotatable bonds is 4. The van der Waals surface area contributed by atoms with Crippen LogP contribution in [0.3, 0.4) is 0 Å². The lowest BCUT2D eigenvalue weighted by molar-refractivity contribution is -0.0172. The van der Waals surface area contributed by atoms with E-state index < -0.39 is 0 Å². The Morgan fingerprint density at radius 2 is 2.23 bits per heavy atom. The van der Waals surface area contributed by atoms with Crippen LogP contribution >= 0.6 is 24.0 Å². The largest absolute Gasteiger partial charge is 0.467 e. The van der Waals surface area contributed by atoms with Crippen molar-refractivity contribution in [3.63, 3.8) is 0 Å². The highest BCUT2D eigenvalue weighted by Crippen LogP contribution is 2.30. The summed E-state index contributed by atoms with van der Waals surface area (Å²) in [7, 11) is 0. The summed E-state index contributed by atoms with van der Waals surface area (Å²) < 4.78 is 24.2. The predicted octanol–water partition coefficient (Wildman–Crippen LogP) is 2.51. The van der Waals surface area contributed by atoms with Crippen molar-refractivity contribution in [2.75, 3.05) is 13.3 Å². The number of hydrogen-bond acceptors (Lipinski definition) is 3. The Bertz CT molecular complexity index is 550. The van der Waals surface area contributed by atoms with Gasteiger partial charge in [-0.3, -0.25) is 0 Å². The van der Waals surface area contributed by atoms with Gasteiger partial charge in [-0.05, 0) is 30.9 Å². The van der Waals surface area contributed by atoms with E-state index in [1.165, 1.54) is 31.4 Å². The van der Waals surface area contributed by atoms with Gasteiger partial charge in [-0.2, -0.15) is 0 Å². The van der Waals surface area contributed by atoms with Crippen molar-refractivity contribution < 1.29 is 13.9 Å². The number of nitrogens with zero attached hydrogens (tertiary/aromatic N) is 1. The summed E-state index contributed by atoms with van der Waals surface area (Å²) in [4.78, 5) is 4.27. The van der Waals surface area contributed by atoms with Crippen LogP contribution in [0.5, 0.6) is 5.75 Å². The van der Waals surface area contributed by atoms with Gasteiger partial charge in [0.25, 0.3) is 0 Å². The number of halogens is 2. The van der Waals surface area contributed by atoms with E-state index in [9.17, 15) is 4.39 Å². The number of nitrogens with two attached hydrogens (primary N) is 1. The van der Waals surface area contributed by atoms with Gasteiger partial charge in [0.05, 0.1) is 13.2 Å². The fourth-order valence-corrected chi connectivity index (χ4v) is 2.55. The van der Waals surface area contributed by atoms with Gasteiger partial charge in [-0.15, -0.1) is 24.0 Å². The lowest BCUT2D eigenvalue weighted by Gasteiger charge is -2.25. The minimum Gasteiger partial charge on any atom is -0.467 e. The molecule has 1 aliphatic carbocycles. The van der Waals surface area contributed by atoms with E-state index in [4.69, 9.17) is 15.2 Å². The van der Waals surface area contributed by atoms with Crippen molar-refractivity contribution in [3.8, 4) is 5.75 Å². The number of hydrogen-bond donors (Lipinski definition) is 2. The molecule has 1 aliphatic heterocycles. The van der Waals surface area contributed by atoms with E-state index in [1.54, 1.807) is 0 Å². The van der Waals surface area contributed by atoms with Crippen LogP contribution in [0.2, 0.25) is 0 Å². The highest BCUT2D eigenvalue weighted by atomic mass is 127. The first-order chi connectivity index (χ1) is 10.2. The topological polar surface area (TPSA) is 68.9 Å². The highest BCUT2D eigenvalue weighted by molar-refractivity contribution is 14.0. The fraction of sp³-hybridized carbons (Fsp3) is 0.533. The molecule has 0 unspecified atom stereocenters. The molecule has 7 heteroatoms. The molecule has 0 bridgehead atoms. The summed E-state index contributed by atoms with van der Waals surface area (Å²) in [5.41, 5.74) is 7.25. The summed E-state index contributed by atoms with van der Waals surface area (Å²) >= 11 is 0. The third-order valence-corrected chi connectivity index (χ3v) is 3.97. The van der Waals surface area contributed by atoms with E-state index in [-0.39, 0.29) is 36.6 Å². The second kappa shape index (κ2) is 7.96. The Kier molecular flexibility index (Phi) is 6.25. The molecule has 1 aromatic rings. The Morgan fingerprint density at radius 3 is 2.95 bits per heavy atom. The molecule has 3 rings (SSSR count). The van der Waals surface area contributed by atoms with E-state index in [1.807, 2.05) is 0 Å². The molecule has 0 aromatic heterocycles. The van der Waals surface area contributed by atoms with Crippen molar-refractivity contribution in [2.24, 2.45) is 16.6 Å². The Balaban J connectivity index is 0.00000176. The summed E-state index contributed by atoms with van der Waals surface area (Å²) in [6.07, 6.45) is 3.81. The van der Waals surface area contributed by atoms with Crippen LogP contribution in [-0.4, -0.2) is 19.3 Å². The number of ether oxygens (including phenoxy) is 2. The third-order valence-electron chi connectivity index (χ3n) is 3.97. The fourth-order valence-electron chi connectivity index (χ4n) is 2.55. The van der Waals surface area contributed by atoms with Gasteiger partial charge in [0.1, 0.15) is 11.6 Å². The molecule has 1 fully saturated rings. The summed E-state index contributed by atoms with van der Waals surface area (Å²) in [6, 6.07) is 2.87. The molecule has 1 saturated carbocycles. The average molecular weight is 421 g/mol. The smallest absolute Gasteiger partial charge is 0.189 e. The number of guanidine groups is 1. The molecule has 3 N–H and O–H groups in total. The number of fused-ring (bicyclic) bond motifs is 1. The summed E-state index contributed by atoms with van der Waals surface area (Å²) in [5.74, 6) is 1.46. The van der Waals surface area contributed by atoms with Crippen molar-refractivity contribution in [1.29, 1.82) is 0 Å². The number of benzene rings is 1. The molecule has 22 heavy (non-hydrogen) atoms. The predicted molar refractivity (Wildman–Crippen MR) is 92.8 cm³/mol. The first-order valence-electron chi connectivity index (χ1n) is 7.28. The standard InChI is InChI=1S/C15H20FN3O2.HI/c16-13-4-11(14-12(5-13)8-20-9-21-14)7-19-15(17)18-6-10-2-1-3-10;/h4-5,10H,1-3,6-9H2,(H3,17,18,19);1H. The van der Waals surface area contributed by atoms with E-state index in [2.05, 4.69) is 10.3 Å². The van der Waals surface area contributed by atoms with E-state index in [0.717, 1.165) is 6.54 Å². The van der Waals surface area contributed by atoms with Crippen molar-refractivity contribution in [3.05, 3.63) is 29.1 Å². The van der Waals surface area contributed by atoms with Crippen LogP contribution in [0.15, 0.2) is 17.1 Å². The van der Waals surface area contributed by atoms with E-state index >= 15 is 0 Å². The minimum atomic E-state index is -0.311. The second-order valence-electron chi connectivity index (χ2n) is 5.54. The molecule has 0 spiro atoms. The normalized spacial score (nSPS) is 17.8. The number of aliphatic imine (C=N–C) groups is 1. The maximum Gasteiger partial charge on any atom is 0.189 e. The van der Waals surface area contributed by atoms with Crippen LogP contribution in [0.4, 0.5) is 4.39 Å². The van der Waals surface area contributed by atoms with Crippen LogP contribution in [0.25, 0.3) is 0 Å². The molecular weight excluding hydrogens is 400 g/mol. The van der Waals surface area contributed by atoms with Gasteiger partial charge in [0.2, 0.25) is 0 Å². The average Bonchev–Trinajstić information content (AvgIpc) is 2.43. The van der Waals surface area contributed by atoms with Crippen LogP contribution < -0.4 is 15.8 Å². The molecule has 1 heterocycles.